The van der Waals surface area contributed by atoms with Crippen molar-refractivity contribution in [1.82, 2.24) is 10.2 Å². The summed E-state index contributed by atoms with van der Waals surface area (Å²) in [5.74, 6) is 0.574. The Hall–Kier alpha value is -1.84. The molecule has 4 heteroatoms. The Balaban J connectivity index is 1.42. The van der Waals surface area contributed by atoms with Gasteiger partial charge >= 0.3 is 0 Å². The lowest BCUT2D eigenvalue weighted by atomic mass is 10.0. The van der Waals surface area contributed by atoms with Gasteiger partial charge in [0, 0.05) is 19.6 Å². The van der Waals surface area contributed by atoms with Crippen LogP contribution in [0.2, 0.25) is 5.02 Å². The fourth-order valence-electron chi connectivity index (χ4n) is 3.43. The van der Waals surface area contributed by atoms with Gasteiger partial charge in [0.2, 0.25) is 0 Å². The van der Waals surface area contributed by atoms with Crippen LogP contribution in [-0.4, -0.2) is 30.4 Å². The predicted molar refractivity (Wildman–Crippen MR) is 103 cm³/mol. The third kappa shape index (κ3) is 5.07. The van der Waals surface area contributed by atoms with E-state index in [4.69, 9.17) is 11.6 Å². The smallest absolute Gasteiger partial charge is 0.252 e. The second-order valence-electron chi connectivity index (χ2n) is 6.90. The number of carbonyl (C=O) groups excluding carboxylic acids is 1. The molecule has 0 aromatic heterocycles. The van der Waals surface area contributed by atoms with Crippen molar-refractivity contribution in [3.63, 3.8) is 0 Å². The van der Waals surface area contributed by atoms with Crippen LogP contribution in [0.15, 0.2) is 48.5 Å². The number of halogens is 1. The molecule has 1 aliphatic heterocycles. The summed E-state index contributed by atoms with van der Waals surface area (Å²) in [6.45, 7) is 5.93. The van der Waals surface area contributed by atoms with Crippen molar-refractivity contribution in [2.45, 2.75) is 26.3 Å². The van der Waals surface area contributed by atoms with Crippen LogP contribution in [0.1, 0.15) is 34.3 Å². The molecule has 0 aliphatic carbocycles. The lowest BCUT2D eigenvalue weighted by Gasteiger charge is -2.16. The van der Waals surface area contributed by atoms with Gasteiger partial charge in [0.25, 0.3) is 5.91 Å². The number of nitrogens with zero attached hydrogens (tertiary/aromatic N) is 1. The molecule has 0 unspecified atom stereocenters. The number of nitrogens with one attached hydrogen (secondary N) is 1. The molecule has 2 aromatic carbocycles. The molecular weight excluding hydrogens is 332 g/mol. The molecule has 0 saturated carbocycles. The van der Waals surface area contributed by atoms with E-state index in [1.807, 2.05) is 19.1 Å². The highest BCUT2D eigenvalue weighted by Gasteiger charge is 2.22. The summed E-state index contributed by atoms with van der Waals surface area (Å²) in [6, 6.07) is 16.1. The lowest BCUT2D eigenvalue weighted by molar-refractivity contribution is 0.0951. The maximum absolute atomic E-state index is 12.3. The minimum absolute atomic E-state index is 0.0761. The molecule has 0 bridgehead atoms. The minimum Gasteiger partial charge on any atom is -0.352 e. The Bertz CT molecular complexity index is 717. The Morgan fingerprint density at radius 3 is 2.84 bits per heavy atom. The van der Waals surface area contributed by atoms with Gasteiger partial charge in [-0.25, -0.2) is 0 Å². The molecule has 132 valence electrons. The van der Waals surface area contributed by atoms with E-state index in [-0.39, 0.29) is 5.91 Å². The molecule has 25 heavy (non-hydrogen) atoms. The molecule has 1 heterocycles. The van der Waals surface area contributed by atoms with E-state index in [0.29, 0.717) is 23.0 Å². The molecule has 1 atom stereocenters. The van der Waals surface area contributed by atoms with Gasteiger partial charge < -0.3 is 5.32 Å². The SMILES string of the molecule is Cc1ccc(Cl)c(C(=O)NCC[C@H]2CCN(Cc3ccccc3)C2)c1. The number of aryl methyl sites for hydroxylation is 1. The molecule has 1 saturated heterocycles. The fourth-order valence-corrected chi connectivity index (χ4v) is 3.64. The van der Waals surface area contributed by atoms with Crippen LogP contribution in [-0.2, 0) is 6.54 Å². The van der Waals surface area contributed by atoms with E-state index in [1.165, 1.54) is 12.0 Å². The summed E-state index contributed by atoms with van der Waals surface area (Å²) >= 11 is 6.13. The van der Waals surface area contributed by atoms with Crippen LogP contribution >= 0.6 is 11.6 Å². The van der Waals surface area contributed by atoms with Crippen molar-refractivity contribution >= 4 is 17.5 Å². The lowest BCUT2D eigenvalue weighted by Crippen LogP contribution is -2.27. The molecule has 0 radical (unpaired) electrons. The van der Waals surface area contributed by atoms with Crippen LogP contribution in [0.5, 0.6) is 0 Å². The molecule has 1 aliphatic rings. The first-order valence-corrected chi connectivity index (χ1v) is 9.30. The molecule has 1 amide bonds. The molecule has 3 rings (SSSR count). The number of hydrogen-bond donors (Lipinski definition) is 1. The monoisotopic (exact) mass is 356 g/mol. The number of carbonyl (C=O) groups is 1. The second-order valence-corrected chi connectivity index (χ2v) is 7.31. The van der Waals surface area contributed by atoms with E-state index in [1.54, 1.807) is 6.07 Å². The summed E-state index contributed by atoms with van der Waals surface area (Å²) < 4.78 is 0. The Kier molecular flexibility index (Phi) is 6.11. The maximum Gasteiger partial charge on any atom is 0.252 e. The summed E-state index contributed by atoms with van der Waals surface area (Å²) in [6.07, 6.45) is 2.22. The van der Waals surface area contributed by atoms with E-state index in [0.717, 1.165) is 31.6 Å². The standard InChI is InChI=1S/C21H25ClN2O/c1-16-7-8-20(22)19(13-16)21(25)23-11-9-18-10-12-24(15-18)14-17-5-3-2-4-6-17/h2-8,13,18H,9-12,14-15H2,1H3,(H,23,25)/t18-/m0/s1. The van der Waals surface area contributed by atoms with Gasteiger partial charge in [-0.15, -0.1) is 0 Å². The van der Waals surface area contributed by atoms with Gasteiger partial charge in [-0.3, -0.25) is 9.69 Å². The highest BCUT2D eigenvalue weighted by atomic mass is 35.5. The summed E-state index contributed by atoms with van der Waals surface area (Å²) in [4.78, 5) is 14.8. The van der Waals surface area contributed by atoms with Gasteiger partial charge in [-0.05, 0) is 49.9 Å². The molecule has 3 nitrogen and oxygen atoms in total. The van der Waals surface area contributed by atoms with Crippen molar-refractivity contribution in [2.24, 2.45) is 5.92 Å². The summed E-state index contributed by atoms with van der Waals surface area (Å²) in [5.41, 5.74) is 2.98. The average Bonchev–Trinajstić information content (AvgIpc) is 3.05. The van der Waals surface area contributed by atoms with E-state index in [9.17, 15) is 4.79 Å². The summed E-state index contributed by atoms with van der Waals surface area (Å²) in [5, 5.41) is 3.53. The van der Waals surface area contributed by atoms with Gasteiger partial charge in [0.15, 0.2) is 0 Å². The summed E-state index contributed by atoms with van der Waals surface area (Å²) in [7, 11) is 0. The second kappa shape index (κ2) is 8.50. The van der Waals surface area contributed by atoms with Crippen LogP contribution in [0.3, 0.4) is 0 Å². The number of rotatable bonds is 6. The zero-order valence-electron chi connectivity index (χ0n) is 14.7. The number of benzene rings is 2. The topological polar surface area (TPSA) is 32.3 Å². The van der Waals surface area contributed by atoms with Crippen molar-refractivity contribution in [3.05, 3.63) is 70.2 Å². The predicted octanol–water partition coefficient (Wildman–Crippen LogP) is 4.29. The highest BCUT2D eigenvalue weighted by molar-refractivity contribution is 6.33. The van der Waals surface area contributed by atoms with E-state index in [2.05, 4.69) is 40.5 Å². The van der Waals surface area contributed by atoms with Crippen molar-refractivity contribution in [3.8, 4) is 0 Å². The molecule has 0 spiro atoms. The third-order valence-corrected chi connectivity index (χ3v) is 5.15. The zero-order valence-corrected chi connectivity index (χ0v) is 15.4. The van der Waals surface area contributed by atoms with Gasteiger partial charge in [0.1, 0.15) is 0 Å². The zero-order chi connectivity index (χ0) is 17.6. The van der Waals surface area contributed by atoms with Gasteiger partial charge in [0.05, 0.1) is 10.6 Å². The van der Waals surface area contributed by atoms with Crippen LogP contribution in [0.25, 0.3) is 0 Å². The first-order chi connectivity index (χ1) is 12.1. The quantitative estimate of drug-likeness (QED) is 0.837. The first-order valence-electron chi connectivity index (χ1n) is 8.92. The van der Waals surface area contributed by atoms with Crippen molar-refractivity contribution in [1.29, 1.82) is 0 Å². The maximum atomic E-state index is 12.3. The first kappa shape index (κ1) is 18.0. The van der Waals surface area contributed by atoms with Crippen molar-refractivity contribution < 1.29 is 4.79 Å². The van der Waals surface area contributed by atoms with Crippen LogP contribution < -0.4 is 5.32 Å². The fraction of sp³-hybridized carbons (Fsp3) is 0.381. The largest absolute Gasteiger partial charge is 0.352 e. The number of likely N-dealkylation sites (tertiary alicyclic amines) is 1. The Labute approximate surface area is 155 Å². The molecule has 1 N–H and O–H groups in total. The Morgan fingerprint density at radius 2 is 2.04 bits per heavy atom. The highest BCUT2D eigenvalue weighted by Crippen LogP contribution is 2.21. The van der Waals surface area contributed by atoms with Gasteiger partial charge in [-0.2, -0.15) is 0 Å². The van der Waals surface area contributed by atoms with Crippen molar-refractivity contribution in [2.75, 3.05) is 19.6 Å². The van der Waals surface area contributed by atoms with Crippen LogP contribution in [0.4, 0.5) is 0 Å². The van der Waals surface area contributed by atoms with Crippen LogP contribution in [0, 0.1) is 12.8 Å². The normalized spacial score (nSPS) is 17.6. The third-order valence-electron chi connectivity index (χ3n) is 4.82. The van der Waals surface area contributed by atoms with Gasteiger partial charge in [-0.1, -0.05) is 53.6 Å². The number of hydrogen-bond acceptors (Lipinski definition) is 2. The molecule has 1 fully saturated rings. The Morgan fingerprint density at radius 1 is 1.24 bits per heavy atom. The average molecular weight is 357 g/mol. The minimum atomic E-state index is -0.0761. The van der Waals surface area contributed by atoms with E-state index < -0.39 is 0 Å². The number of amides is 1. The molecular formula is C21H25ClN2O. The molecule has 2 aromatic rings. The van der Waals surface area contributed by atoms with E-state index >= 15 is 0 Å².